The second-order valence-electron chi connectivity index (χ2n) is 8.10. The van der Waals surface area contributed by atoms with Crippen LogP contribution in [0.4, 0.5) is 11.6 Å². The maximum atomic E-state index is 14.0. The molecule has 3 aromatic carbocycles. The summed E-state index contributed by atoms with van der Waals surface area (Å²) in [6.45, 7) is 0. The fourth-order valence-electron chi connectivity index (χ4n) is 4.26. The zero-order valence-corrected chi connectivity index (χ0v) is 19.3. The Labute approximate surface area is 205 Å². The first-order valence-corrected chi connectivity index (χ1v) is 11.3. The van der Waals surface area contributed by atoms with Gasteiger partial charge in [0.2, 0.25) is 0 Å². The zero-order chi connectivity index (χ0) is 24.5. The van der Waals surface area contributed by atoms with Crippen molar-refractivity contribution in [3.63, 3.8) is 0 Å². The molecule has 0 atom stereocenters. The Morgan fingerprint density at radius 3 is 2.14 bits per heavy atom. The number of aromatic amines is 2. The van der Waals surface area contributed by atoms with Gasteiger partial charge in [-0.25, -0.2) is 0 Å². The van der Waals surface area contributed by atoms with Gasteiger partial charge in [-0.15, -0.1) is 5.10 Å². The van der Waals surface area contributed by atoms with E-state index in [9.17, 15) is 4.79 Å². The highest BCUT2D eigenvalue weighted by molar-refractivity contribution is 5.92. The predicted molar refractivity (Wildman–Crippen MR) is 138 cm³/mol. The molecule has 9 heteroatoms. The molecule has 0 bridgehead atoms. The molecule has 36 heavy (non-hydrogen) atoms. The van der Waals surface area contributed by atoms with Gasteiger partial charge in [0.1, 0.15) is 22.9 Å². The van der Waals surface area contributed by atoms with Gasteiger partial charge in [-0.2, -0.15) is 19.9 Å². The van der Waals surface area contributed by atoms with Crippen molar-refractivity contribution in [2.45, 2.75) is 0 Å². The van der Waals surface area contributed by atoms with E-state index in [1.54, 1.807) is 13.3 Å². The number of ether oxygens (including phenoxy) is 1. The van der Waals surface area contributed by atoms with E-state index in [1.165, 1.54) is 4.52 Å². The van der Waals surface area contributed by atoms with Gasteiger partial charge in [-0.05, 0) is 23.3 Å². The fourth-order valence-corrected chi connectivity index (χ4v) is 4.26. The SMILES string of the molecule is COc1ccc(-c2c(Nc3cn[nH]n3)[nH]c3c(-c4ccccc4)c(-c4ccccc4)nn3c2=O)cc1. The maximum absolute atomic E-state index is 14.0. The van der Waals surface area contributed by atoms with Crippen molar-refractivity contribution in [2.24, 2.45) is 0 Å². The molecule has 6 rings (SSSR count). The van der Waals surface area contributed by atoms with Crippen LogP contribution in [0.1, 0.15) is 0 Å². The van der Waals surface area contributed by atoms with Crippen molar-refractivity contribution in [1.29, 1.82) is 0 Å². The topological polar surface area (TPSA) is 113 Å². The Kier molecular flexibility index (Phi) is 5.27. The number of anilines is 2. The van der Waals surface area contributed by atoms with Crippen molar-refractivity contribution in [3.05, 3.63) is 101 Å². The molecule has 0 unspecified atom stereocenters. The number of hydrogen-bond donors (Lipinski definition) is 3. The Morgan fingerprint density at radius 2 is 1.50 bits per heavy atom. The lowest BCUT2D eigenvalue weighted by atomic mass is 10.0. The monoisotopic (exact) mass is 475 g/mol. The molecule has 0 radical (unpaired) electrons. The number of hydrogen-bond acceptors (Lipinski definition) is 6. The van der Waals surface area contributed by atoms with Gasteiger partial charge < -0.3 is 15.0 Å². The average molecular weight is 476 g/mol. The molecule has 0 aliphatic rings. The average Bonchev–Trinajstić information content (AvgIpc) is 3.58. The van der Waals surface area contributed by atoms with Crippen LogP contribution >= 0.6 is 0 Å². The van der Waals surface area contributed by atoms with Crippen molar-refractivity contribution >= 4 is 17.3 Å². The summed E-state index contributed by atoms with van der Waals surface area (Å²) in [7, 11) is 1.60. The summed E-state index contributed by atoms with van der Waals surface area (Å²) in [6.07, 6.45) is 1.55. The van der Waals surface area contributed by atoms with E-state index >= 15 is 0 Å². The van der Waals surface area contributed by atoms with Crippen LogP contribution in [0.15, 0.2) is 95.9 Å². The lowest BCUT2D eigenvalue weighted by molar-refractivity contribution is 0.415. The van der Waals surface area contributed by atoms with Crippen LogP contribution in [0.2, 0.25) is 0 Å². The number of fused-ring (bicyclic) bond motifs is 1. The van der Waals surface area contributed by atoms with Gasteiger partial charge in [-0.3, -0.25) is 4.79 Å². The van der Waals surface area contributed by atoms with Gasteiger partial charge in [0.05, 0.1) is 24.4 Å². The van der Waals surface area contributed by atoms with Crippen LogP contribution < -0.4 is 15.6 Å². The highest BCUT2D eigenvalue weighted by Gasteiger charge is 2.23. The van der Waals surface area contributed by atoms with Gasteiger partial charge in [0.25, 0.3) is 5.56 Å². The van der Waals surface area contributed by atoms with Crippen molar-refractivity contribution in [3.8, 4) is 39.3 Å². The first kappa shape index (κ1) is 21.4. The van der Waals surface area contributed by atoms with E-state index in [0.29, 0.717) is 39.9 Å². The molecular weight excluding hydrogens is 454 g/mol. The summed E-state index contributed by atoms with van der Waals surface area (Å²) in [5, 5.41) is 18.6. The van der Waals surface area contributed by atoms with E-state index in [4.69, 9.17) is 9.84 Å². The fraction of sp³-hybridized carbons (Fsp3) is 0.0370. The summed E-state index contributed by atoms with van der Waals surface area (Å²) in [6, 6.07) is 27.0. The smallest absolute Gasteiger partial charge is 0.284 e. The minimum Gasteiger partial charge on any atom is -0.497 e. The third kappa shape index (κ3) is 3.68. The number of benzene rings is 3. The molecule has 0 fully saturated rings. The van der Waals surface area contributed by atoms with Gasteiger partial charge >= 0.3 is 0 Å². The van der Waals surface area contributed by atoms with E-state index in [-0.39, 0.29) is 5.56 Å². The molecule has 0 spiro atoms. The second kappa shape index (κ2) is 8.88. The van der Waals surface area contributed by atoms with Crippen LogP contribution in [-0.4, -0.2) is 37.1 Å². The highest BCUT2D eigenvalue weighted by Crippen LogP contribution is 2.36. The molecule has 3 heterocycles. The van der Waals surface area contributed by atoms with E-state index < -0.39 is 0 Å². The number of nitrogens with one attached hydrogen (secondary N) is 3. The van der Waals surface area contributed by atoms with Crippen LogP contribution in [0, 0.1) is 0 Å². The first-order valence-electron chi connectivity index (χ1n) is 11.3. The Bertz CT molecular complexity index is 1690. The van der Waals surface area contributed by atoms with Crippen molar-refractivity contribution in [2.75, 3.05) is 12.4 Å². The normalized spacial score (nSPS) is 11.0. The molecule has 9 nitrogen and oxygen atoms in total. The summed E-state index contributed by atoms with van der Waals surface area (Å²) in [5.74, 6) is 1.64. The summed E-state index contributed by atoms with van der Waals surface area (Å²) in [4.78, 5) is 17.5. The number of methoxy groups -OCH3 is 1. The highest BCUT2D eigenvalue weighted by atomic mass is 16.5. The Balaban J connectivity index is 1.67. The lowest BCUT2D eigenvalue weighted by Gasteiger charge is -2.12. The number of rotatable bonds is 6. The molecule has 0 amide bonds. The van der Waals surface area contributed by atoms with Gasteiger partial charge in [0.15, 0.2) is 5.82 Å². The van der Waals surface area contributed by atoms with Crippen molar-refractivity contribution in [1.82, 2.24) is 30.0 Å². The predicted octanol–water partition coefficient (Wildman–Crippen LogP) is 4.89. The van der Waals surface area contributed by atoms with Gasteiger partial charge in [0, 0.05) is 5.56 Å². The van der Waals surface area contributed by atoms with E-state index in [1.807, 2.05) is 84.9 Å². The molecule has 3 N–H and O–H groups in total. The minimum atomic E-state index is -0.278. The van der Waals surface area contributed by atoms with Crippen molar-refractivity contribution < 1.29 is 4.74 Å². The molecule has 176 valence electrons. The summed E-state index contributed by atoms with van der Waals surface area (Å²) >= 11 is 0. The van der Waals surface area contributed by atoms with Crippen LogP contribution in [0.3, 0.4) is 0 Å². The van der Waals surface area contributed by atoms with E-state index in [2.05, 4.69) is 25.7 Å². The molecule has 6 aromatic rings. The Hall–Kier alpha value is -5.18. The molecular formula is C27H21N7O2. The quantitative estimate of drug-likeness (QED) is 0.316. The summed E-state index contributed by atoms with van der Waals surface area (Å²) in [5.41, 5.74) is 4.76. The number of nitrogens with zero attached hydrogens (tertiary/aromatic N) is 4. The largest absolute Gasteiger partial charge is 0.497 e. The minimum absolute atomic E-state index is 0.278. The Morgan fingerprint density at radius 1 is 0.833 bits per heavy atom. The van der Waals surface area contributed by atoms with E-state index in [0.717, 1.165) is 16.7 Å². The molecule has 0 aliphatic carbocycles. The molecule has 3 aromatic heterocycles. The molecule has 0 aliphatic heterocycles. The number of aromatic nitrogens is 6. The van der Waals surface area contributed by atoms with Crippen LogP contribution in [0.5, 0.6) is 5.75 Å². The molecule has 0 saturated carbocycles. The third-order valence-corrected chi connectivity index (χ3v) is 5.94. The van der Waals surface area contributed by atoms with Crippen LogP contribution in [0.25, 0.3) is 39.2 Å². The third-order valence-electron chi connectivity index (χ3n) is 5.94. The maximum Gasteiger partial charge on any atom is 0.284 e. The lowest BCUT2D eigenvalue weighted by Crippen LogP contribution is -2.19. The molecule has 0 saturated heterocycles. The summed E-state index contributed by atoms with van der Waals surface area (Å²) < 4.78 is 6.73. The van der Waals surface area contributed by atoms with Gasteiger partial charge in [-0.1, -0.05) is 72.8 Å². The second-order valence-corrected chi connectivity index (χ2v) is 8.10. The zero-order valence-electron chi connectivity index (χ0n) is 19.3. The standard InChI is InChI=1S/C27H21N7O2/c1-36-20-14-12-18(13-15-20)23-25(29-21-16-28-33-31-21)30-26-22(17-8-4-2-5-9-17)24(32-34(26)27(23)35)19-10-6-3-7-11-19/h2-16,30H,1H3,(H2,28,29,31,33). The first-order chi connectivity index (χ1) is 17.7. The van der Waals surface area contributed by atoms with Crippen LogP contribution in [-0.2, 0) is 0 Å². The number of H-pyrrole nitrogens is 2.